The number of rotatable bonds is 4. The maximum Gasteiger partial charge on any atom is 0.410 e. The van der Waals surface area contributed by atoms with E-state index in [-0.39, 0.29) is 0 Å². The standard InChI is InChI=1S/C10H14N2S3/c1-8(2)4-5-13-9-6-14-10(7-11,12-3)15-9/h8-9H,4-6H2,1-2H3. The summed E-state index contributed by atoms with van der Waals surface area (Å²) in [5, 5.41) is 8.93. The molecule has 0 aromatic heterocycles. The van der Waals surface area contributed by atoms with Crippen molar-refractivity contribution in [2.45, 2.75) is 29.1 Å². The van der Waals surface area contributed by atoms with Crippen LogP contribution in [0.5, 0.6) is 0 Å². The minimum Gasteiger partial charge on any atom is -0.271 e. The fourth-order valence-corrected chi connectivity index (χ4v) is 5.96. The summed E-state index contributed by atoms with van der Waals surface area (Å²) in [5.41, 5.74) is 0. The van der Waals surface area contributed by atoms with Gasteiger partial charge >= 0.3 is 4.20 Å². The van der Waals surface area contributed by atoms with Crippen molar-refractivity contribution in [2.24, 2.45) is 5.92 Å². The number of hydrogen-bond donors (Lipinski definition) is 0. The van der Waals surface area contributed by atoms with Crippen LogP contribution in [-0.2, 0) is 0 Å². The first kappa shape index (κ1) is 13.1. The van der Waals surface area contributed by atoms with E-state index < -0.39 is 4.20 Å². The van der Waals surface area contributed by atoms with Gasteiger partial charge in [-0.1, -0.05) is 13.8 Å². The van der Waals surface area contributed by atoms with Crippen LogP contribution in [0.3, 0.4) is 0 Å². The summed E-state index contributed by atoms with van der Waals surface area (Å²) >= 11 is 4.90. The fourth-order valence-electron chi connectivity index (χ4n) is 1.09. The van der Waals surface area contributed by atoms with Crippen LogP contribution in [0.4, 0.5) is 0 Å². The smallest absolute Gasteiger partial charge is 0.271 e. The van der Waals surface area contributed by atoms with E-state index in [1.165, 1.54) is 29.9 Å². The quantitative estimate of drug-likeness (QED) is 0.719. The summed E-state index contributed by atoms with van der Waals surface area (Å²) in [4.78, 5) is 3.43. The lowest BCUT2D eigenvalue weighted by Crippen LogP contribution is -2.06. The highest BCUT2D eigenvalue weighted by atomic mass is 32.2. The molecule has 0 aliphatic carbocycles. The van der Waals surface area contributed by atoms with Gasteiger partial charge in [-0.05, 0) is 41.6 Å². The highest BCUT2D eigenvalue weighted by molar-refractivity contribution is 8.29. The lowest BCUT2D eigenvalue weighted by Gasteiger charge is -2.08. The Balaban J connectivity index is 2.32. The predicted molar refractivity (Wildman–Crippen MR) is 70.7 cm³/mol. The Labute approximate surface area is 104 Å². The Hall–Kier alpha value is 0.0300. The molecule has 1 rings (SSSR count). The van der Waals surface area contributed by atoms with Gasteiger partial charge in [-0.15, -0.1) is 11.8 Å². The summed E-state index contributed by atoms with van der Waals surface area (Å²) in [7, 11) is 0. The van der Waals surface area contributed by atoms with Gasteiger partial charge in [0.15, 0.2) is 6.07 Å². The van der Waals surface area contributed by atoms with Crippen molar-refractivity contribution in [1.29, 1.82) is 5.26 Å². The van der Waals surface area contributed by atoms with E-state index in [9.17, 15) is 0 Å². The van der Waals surface area contributed by atoms with Crippen LogP contribution in [0, 0.1) is 23.8 Å². The molecule has 5 heteroatoms. The summed E-state index contributed by atoms with van der Waals surface area (Å²) in [6, 6.07) is 2.11. The molecule has 0 aromatic rings. The third-order valence-corrected chi connectivity index (χ3v) is 6.77. The average Bonchev–Trinajstić information content (AvgIpc) is 2.62. The first-order chi connectivity index (χ1) is 7.12. The first-order valence-electron chi connectivity index (χ1n) is 4.85. The topological polar surface area (TPSA) is 28.1 Å². The minimum absolute atomic E-state index is 0.419. The molecule has 1 saturated heterocycles. The zero-order valence-electron chi connectivity index (χ0n) is 8.90. The second-order valence-corrected chi connectivity index (χ2v) is 8.19. The number of thioether (sulfide) groups is 3. The molecule has 0 spiro atoms. The minimum atomic E-state index is -0.852. The highest BCUT2D eigenvalue weighted by Gasteiger charge is 2.48. The van der Waals surface area contributed by atoms with Crippen molar-refractivity contribution in [3.05, 3.63) is 11.4 Å². The molecule has 1 aliphatic heterocycles. The summed E-state index contributed by atoms with van der Waals surface area (Å²) in [6.45, 7) is 11.5. The maximum atomic E-state index is 8.93. The molecule has 82 valence electrons. The molecule has 2 atom stereocenters. The van der Waals surface area contributed by atoms with Gasteiger partial charge in [0, 0.05) is 5.75 Å². The summed E-state index contributed by atoms with van der Waals surface area (Å²) < 4.78 is -0.433. The lowest BCUT2D eigenvalue weighted by atomic mass is 10.2. The van der Waals surface area contributed by atoms with Gasteiger partial charge in [-0.25, -0.2) is 6.57 Å². The van der Waals surface area contributed by atoms with Gasteiger partial charge in [0.1, 0.15) is 0 Å². The van der Waals surface area contributed by atoms with Crippen LogP contribution < -0.4 is 0 Å². The summed E-state index contributed by atoms with van der Waals surface area (Å²) in [6.07, 6.45) is 1.21. The molecule has 0 N–H and O–H groups in total. The second kappa shape index (κ2) is 5.94. The molecule has 1 heterocycles. The molecule has 0 saturated carbocycles. The van der Waals surface area contributed by atoms with E-state index in [0.717, 1.165) is 17.4 Å². The Morgan fingerprint density at radius 1 is 1.73 bits per heavy atom. The van der Waals surface area contributed by atoms with Gasteiger partial charge in [0.2, 0.25) is 0 Å². The molecule has 2 unspecified atom stereocenters. The molecular formula is C10H14N2S3. The van der Waals surface area contributed by atoms with E-state index in [0.29, 0.717) is 4.58 Å². The predicted octanol–water partition coefficient (Wildman–Crippen LogP) is 3.67. The van der Waals surface area contributed by atoms with Crippen LogP contribution in [0.1, 0.15) is 20.3 Å². The van der Waals surface area contributed by atoms with Gasteiger partial charge in [0.05, 0.1) is 4.58 Å². The molecular weight excluding hydrogens is 244 g/mol. The van der Waals surface area contributed by atoms with Gasteiger partial charge in [-0.2, -0.15) is 5.26 Å². The molecule has 0 amide bonds. The molecule has 2 nitrogen and oxygen atoms in total. The van der Waals surface area contributed by atoms with E-state index >= 15 is 0 Å². The largest absolute Gasteiger partial charge is 0.410 e. The van der Waals surface area contributed by atoms with Gasteiger partial charge in [0.25, 0.3) is 0 Å². The van der Waals surface area contributed by atoms with Crippen molar-refractivity contribution < 1.29 is 0 Å². The number of nitriles is 1. The van der Waals surface area contributed by atoms with E-state index in [1.54, 1.807) is 0 Å². The molecule has 0 radical (unpaired) electrons. The Bertz CT molecular complexity index is 276. The highest BCUT2D eigenvalue weighted by Crippen LogP contribution is 2.52. The zero-order valence-corrected chi connectivity index (χ0v) is 11.3. The Morgan fingerprint density at radius 2 is 2.47 bits per heavy atom. The SMILES string of the molecule is [C-]#[N+]C1(C#N)SCC(SCCC(C)C)S1. The monoisotopic (exact) mass is 258 g/mol. The van der Waals surface area contributed by atoms with Crippen LogP contribution >= 0.6 is 35.3 Å². The van der Waals surface area contributed by atoms with Crippen molar-refractivity contribution in [3.63, 3.8) is 0 Å². The first-order valence-corrected chi connectivity index (χ1v) is 7.76. The second-order valence-electron chi connectivity index (χ2n) is 3.72. The van der Waals surface area contributed by atoms with E-state index in [1.807, 2.05) is 11.8 Å². The zero-order chi connectivity index (χ0) is 11.3. The molecule has 0 bridgehead atoms. The molecule has 0 aromatic carbocycles. The van der Waals surface area contributed by atoms with Crippen LogP contribution in [0.15, 0.2) is 0 Å². The van der Waals surface area contributed by atoms with Crippen LogP contribution in [0.25, 0.3) is 4.85 Å². The Kier molecular flexibility index (Phi) is 5.18. The maximum absolute atomic E-state index is 8.93. The summed E-state index contributed by atoms with van der Waals surface area (Å²) in [5.74, 6) is 2.79. The molecule has 1 fully saturated rings. The Morgan fingerprint density at radius 3 is 2.93 bits per heavy atom. The van der Waals surface area contributed by atoms with Crippen molar-refractivity contribution in [2.75, 3.05) is 11.5 Å². The third kappa shape index (κ3) is 3.83. The average molecular weight is 258 g/mol. The van der Waals surface area contributed by atoms with Gasteiger partial charge in [-0.3, -0.25) is 4.85 Å². The van der Waals surface area contributed by atoms with Gasteiger partial charge < -0.3 is 0 Å². The van der Waals surface area contributed by atoms with Crippen LogP contribution in [0.2, 0.25) is 0 Å². The van der Waals surface area contributed by atoms with Crippen molar-refractivity contribution in [1.82, 2.24) is 0 Å². The fraction of sp³-hybridized carbons (Fsp3) is 0.800. The lowest BCUT2D eigenvalue weighted by molar-refractivity contribution is 0.632. The molecule has 1 aliphatic rings. The van der Waals surface area contributed by atoms with Crippen LogP contribution in [-0.4, -0.2) is 20.3 Å². The number of nitrogens with zero attached hydrogens (tertiary/aromatic N) is 2. The number of hydrogen-bond acceptors (Lipinski definition) is 4. The third-order valence-electron chi connectivity index (χ3n) is 1.99. The molecule has 15 heavy (non-hydrogen) atoms. The van der Waals surface area contributed by atoms with Crippen molar-refractivity contribution in [3.8, 4) is 6.07 Å². The van der Waals surface area contributed by atoms with Crippen molar-refractivity contribution >= 4 is 35.3 Å². The normalized spacial score (nSPS) is 30.1. The van der Waals surface area contributed by atoms with E-state index in [4.69, 9.17) is 11.8 Å². The van der Waals surface area contributed by atoms with E-state index in [2.05, 4.69) is 24.8 Å².